The average Bonchev–Trinajstić information content (AvgIpc) is 2.13. The van der Waals surface area contributed by atoms with E-state index in [1.807, 2.05) is 18.2 Å². The molecule has 0 radical (unpaired) electrons. The van der Waals surface area contributed by atoms with Crippen LogP contribution in [0.2, 0.25) is 0 Å². The van der Waals surface area contributed by atoms with E-state index in [4.69, 9.17) is 5.73 Å². The number of hydrogen-bond acceptors (Lipinski definition) is 4. The zero-order valence-electron chi connectivity index (χ0n) is 8.73. The van der Waals surface area contributed by atoms with Gasteiger partial charge in [-0.1, -0.05) is 12.1 Å². The molecule has 15 heavy (non-hydrogen) atoms. The van der Waals surface area contributed by atoms with Crippen LogP contribution in [0.3, 0.4) is 0 Å². The number of nitrogens with one attached hydrogen (secondary N) is 1. The maximum absolute atomic E-state index is 10.9. The van der Waals surface area contributed by atoms with Crippen LogP contribution in [0.15, 0.2) is 24.3 Å². The largest absolute Gasteiger partial charge is 0.397 e. The number of anilines is 2. The number of nitrogens with two attached hydrogens (primary N) is 1. The maximum atomic E-state index is 10.9. The second-order valence-electron chi connectivity index (χ2n) is 3.50. The first-order chi connectivity index (χ1) is 6.99. The fourth-order valence-corrected chi connectivity index (χ4v) is 1.88. The van der Waals surface area contributed by atoms with Crippen LogP contribution in [-0.4, -0.2) is 27.0 Å². The summed E-state index contributed by atoms with van der Waals surface area (Å²) in [6.45, 7) is 0.612. The minimum atomic E-state index is -2.86. The van der Waals surface area contributed by atoms with E-state index in [-0.39, 0.29) is 5.75 Å². The van der Waals surface area contributed by atoms with Gasteiger partial charge in [0, 0.05) is 12.8 Å². The summed E-state index contributed by atoms with van der Waals surface area (Å²) in [5, 5.41) is 3.10. The maximum Gasteiger partial charge on any atom is 0.147 e. The molecule has 1 aromatic carbocycles. The summed E-state index contributed by atoms with van der Waals surface area (Å²) in [6.07, 6.45) is 1.83. The lowest BCUT2D eigenvalue weighted by atomic mass is 10.2. The predicted molar refractivity (Wildman–Crippen MR) is 63.7 cm³/mol. The van der Waals surface area contributed by atoms with Gasteiger partial charge in [-0.2, -0.15) is 0 Å². The zero-order valence-corrected chi connectivity index (χ0v) is 9.55. The van der Waals surface area contributed by atoms with Crippen LogP contribution < -0.4 is 11.1 Å². The van der Waals surface area contributed by atoms with Gasteiger partial charge in [-0.15, -0.1) is 0 Å². The second-order valence-corrected chi connectivity index (χ2v) is 5.76. The molecule has 0 saturated carbocycles. The minimum absolute atomic E-state index is 0.201. The molecule has 3 N–H and O–H groups in total. The van der Waals surface area contributed by atoms with E-state index in [1.165, 1.54) is 6.26 Å². The zero-order chi connectivity index (χ0) is 11.3. The number of nitrogen functional groups attached to an aromatic ring is 1. The fraction of sp³-hybridized carbons (Fsp3) is 0.400. The average molecular weight is 228 g/mol. The van der Waals surface area contributed by atoms with Gasteiger partial charge < -0.3 is 11.1 Å². The lowest BCUT2D eigenvalue weighted by molar-refractivity contribution is 0.600. The Morgan fingerprint density at radius 1 is 1.33 bits per heavy atom. The Morgan fingerprint density at radius 3 is 2.60 bits per heavy atom. The van der Waals surface area contributed by atoms with Crippen LogP contribution in [0.5, 0.6) is 0 Å². The van der Waals surface area contributed by atoms with Crippen molar-refractivity contribution in [1.29, 1.82) is 0 Å². The lowest BCUT2D eigenvalue weighted by Crippen LogP contribution is -2.10. The Balaban J connectivity index is 2.36. The van der Waals surface area contributed by atoms with Gasteiger partial charge in [0.1, 0.15) is 9.84 Å². The molecular formula is C10H16N2O2S. The summed E-state index contributed by atoms with van der Waals surface area (Å²) < 4.78 is 21.7. The molecule has 0 aliphatic heterocycles. The van der Waals surface area contributed by atoms with Crippen LogP contribution in [0.25, 0.3) is 0 Å². The quantitative estimate of drug-likeness (QED) is 0.585. The molecule has 0 fully saturated rings. The van der Waals surface area contributed by atoms with Gasteiger partial charge in [-0.05, 0) is 18.6 Å². The molecule has 4 nitrogen and oxygen atoms in total. The molecule has 0 spiro atoms. The van der Waals surface area contributed by atoms with Crippen molar-refractivity contribution >= 4 is 21.2 Å². The minimum Gasteiger partial charge on any atom is -0.397 e. The summed E-state index contributed by atoms with van der Waals surface area (Å²) in [5.74, 6) is 0.201. The van der Waals surface area contributed by atoms with E-state index < -0.39 is 9.84 Å². The van der Waals surface area contributed by atoms with Crippen LogP contribution in [0.4, 0.5) is 11.4 Å². The van der Waals surface area contributed by atoms with Crippen molar-refractivity contribution in [3.8, 4) is 0 Å². The number of rotatable bonds is 5. The van der Waals surface area contributed by atoms with E-state index in [1.54, 1.807) is 6.07 Å². The van der Waals surface area contributed by atoms with Gasteiger partial charge in [0.05, 0.1) is 17.1 Å². The monoisotopic (exact) mass is 228 g/mol. The van der Waals surface area contributed by atoms with Gasteiger partial charge in [-0.3, -0.25) is 0 Å². The SMILES string of the molecule is CS(=O)(=O)CCCNc1ccccc1N. The Hall–Kier alpha value is -1.23. The van der Waals surface area contributed by atoms with Gasteiger partial charge in [-0.25, -0.2) is 8.42 Å². The fourth-order valence-electron chi connectivity index (χ4n) is 1.22. The smallest absolute Gasteiger partial charge is 0.147 e. The van der Waals surface area contributed by atoms with Crippen LogP contribution in [0.1, 0.15) is 6.42 Å². The summed E-state index contributed by atoms with van der Waals surface area (Å²) in [4.78, 5) is 0. The van der Waals surface area contributed by atoms with Gasteiger partial charge >= 0.3 is 0 Å². The predicted octanol–water partition coefficient (Wildman–Crippen LogP) is 1.12. The summed E-state index contributed by atoms with van der Waals surface area (Å²) in [5.41, 5.74) is 7.24. The molecule has 0 aliphatic rings. The highest BCUT2D eigenvalue weighted by molar-refractivity contribution is 7.90. The van der Waals surface area contributed by atoms with Crippen LogP contribution in [0, 0.1) is 0 Å². The molecule has 0 aliphatic carbocycles. The van der Waals surface area contributed by atoms with Crippen LogP contribution in [-0.2, 0) is 9.84 Å². The third-order valence-electron chi connectivity index (χ3n) is 1.97. The molecule has 1 aromatic rings. The number of sulfone groups is 1. The second kappa shape index (κ2) is 5.02. The highest BCUT2D eigenvalue weighted by Crippen LogP contribution is 2.16. The first kappa shape index (κ1) is 11.8. The van der Waals surface area contributed by atoms with Crippen molar-refractivity contribution in [2.24, 2.45) is 0 Å². The third-order valence-corrected chi connectivity index (χ3v) is 3.00. The Labute approximate surface area is 90.4 Å². The normalized spacial score (nSPS) is 11.3. The van der Waals surface area contributed by atoms with E-state index in [9.17, 15) is 8.42 Å². The van der Waals surface area contributed by atoms with Crippen molar-refractivity contribution in [1.82, 2.24) is 0 Å². The molecular weight excluding hydrogens is 212 g/mol. The lowest BCUT2D eigenvalue weighted by Gasteiger charge is -2.08. The molecule has 0 heterocycles. The highest BCUT2D eigenvalue weighted by atomic mass is 32.2. The van der Waals surface area contributed by atoms with E-state index in [0.717, 1.165) is 5.69 Å². The van der Waals surface area contributed by atoms with E-state index >= 15 is 0 Å². The number of para-hydroxylation sites is 2. The van der Waals surface area contributed by atoms with E-state index in [0.29, 0.717) is 18.7 Å². The standard InChI is InChI=1S/C10H16N2O2S/c1-15(13,14)8-4-7-12-10-6-3-2-5-9(10)11/h2-3,5-6,12H,4,7-8,11H2,1H3. The highest BCUT2D eigenvalue weighted by Gasteiger charge is 2.01. The van der Waals surface area contributed by atoms with Crippen LogP contribution >= 0.6 is 0 Å². The Morgan fingerprint density at radius 2 is 2.00 bits per heavy atom. The molecule has 84 valence electrons. The first-order valence-corrected chi connectivity index (χ1v) is 6.81. The van der Waals surface area contributed by atoms with Crippen molar-refractivity contribution in [2.75, 3.05) is 29.6 Å². The van der Waals surface area contributed by atoms with Gasteiger partial charge in [0.2, 0.25) is 0 Å². The summed E-state index contributed by atoms with van der Waals surface area (Å²) >= 11 is 0. The molecule has 0 unspecified atom stereocenters. The molecule has 5 heteroatoms. The van der Waals surface area contributed by atoms with Gasteiger partial charge in [0.25, 0.3) is 0 Å². The third kappa shape index (κ3) is 4.69. The Kier molecular flexibility index (Phi) is 3.96. The molecule has 0 saturated heterocycles. The van der Waals surface area contributed by atoms with Gasteiger partial charge in [0.15, 0.2) is 0 Å². The van der Waals surface area contributed by atoms with Crippen molar-refractivity contribution < 1.29 is 8.42 Å². The van der Waals surface area contributed by atoms with Crippen molar-refractivity contribution in [3.05, 3.63) is 24.3 Å². The molecule has 0 aromatic heterocycles. The Bertz CT molecular complexity index is 415. The number of hydrogen-bond donors (Lipinski definition) is 2. The molecule has 0 bridgehead atoms. The summed E-state index contributed by atoms with van der Waals surface area (Å²) in [6, 6.07) is 7.42. The number of benzene rings is 1. The first-order valence-electron chi connectivity index (χ1n) is 4.75. The van der Waals surface area contributed by atoms with Crippen molar-refractivity contribution in [3.63, 3.8) is 0 Å². The van der Waals surface area contributed by atoms with Crippen molar-refractivity contribution in [2.45, 2.75) is 6.42 Å². The van der Waals surface area contributed by atoms with E-state index in [2.05, 4.69) is 5.32 Å². The summed E-state index contributed by atoms with van der Waals surface area (Å²) in [7, 11) is -2.86. The topological polar surface area (TPSA) is 72.2 Å². The molecule has 0 atom stereocenters. The molecule has 0 amide bonds. The molecule has 1 rings (SSSR count).